The molecule has 0 aliphatic carbocycles. The van der Waals surface area contributed by atoms with Gasteiger partial charge in [-0.3, -0.25) is 4.79 Å². The molecule has 0 radical (unpaired) electrons. The number of aryl methyl sites for hydroxylation is 1. The van der Waals surface area contributed by atoms with Crippen LogP contribution in [0.25, 0.3) is 0 Å². The number of hydrogen-bond donors (Lipinski definition) is 2. The van der Waals surface area contributed by atoms with Gasteiger partial charge in [-0.05, 0) is 42.6 Å². The van der Waals surface area contributed by atoms with Gasteiger partial charge in [0.2, 0.25) is 0 Å². The molecule has 8 nitrogen and oxygen atoms in total. The van der Waals surface area contributed by atoms with Crippen LogP contribution in [0.2, 0.25) is 0 Å². The van der Waals surface area contributed by atoms with Gasteiger partial charge in [0.25, 0.3) is 5.19 Å². The molecule has 26 heavy (non-hydrogen) atoms. The highest BCUT2D eigenvalue weighted by Gasteiger charge is 2.38. The lowest BCUT2D eigenvalue weighted by Gasteiger charge is -2.14. The average molecular weight is 377 g/mol. The Morgan fingerprint density at radius 3 is 2.85 bits per heavy atom. The fourth-order valence-corrected chi connectivity index (χ4v) is 3.44. The number of aromatic carboxylic acids is 1. The summed E-state index contributed by atoms with van der Waals surface area (Å²) in [6, 6.07) is 3.32. The number of carboxylic acids is 1. The third-order valence-corrected chi connectivity index (χ3v) is 4.69. The Kier molecular flexibility index (Phi) is 5.26. The first-order valence-electron chi connectivity index (χ1n) is 7.89. The second-order valence-corrected chi connectivity index (χ2v) is 6.62. The lowest BCUT2D eigenvalue weighted by atomic mass is 9.77. The molecule has 136 valence electrons. The van der Waals surface area contributed by atoms with Crippen molar-refractivity contribution < 1.29 is 33.8 Å². The Balaban J connectivity index is 1.83. The van der Waals surface area contributed by atoms with Crippen molar-refractivity contribution in [3.8, 4) is 10.9 Å². The molecule has 2 heterocycles. The molecule has 0 spiro atoms. The van der Waals surface area contributed by atoms with Crippen molar-refractivity contribution in [3.63, 3.8) is 0 Å². The summed E-state index contributed by atoms with van der Waals surface area (Å²) >= 11 is 0.902. The molecule has 0 saturated carbocycles. The summed E-state index contributed by atoms with van der Waals surface area (Å²) in [5.74, 6) is -1.08. The van der Waals surface area contributed by atoms with E-state index in [9.17, 15) is 14.6 Å². The summed E-state index contributed by atoms with van der Waals surface area (Å²) in [6.07, 6.45) is 0.634. The lowest BCUT2D eigenvalue weighted by molar-refractivity contribution is -0.145. The van der Waals surface area contributed by atoms with E-state index >= 15 is 0 Å². The first kappa shape index (κ1) is 18.4. The molecule has 2 aromatic rings. The topological polar surface area (TPSA) is 115 Å². The highest BCUT2D eigenvalue weighted by atomic mass is 32.1. The molecular weight excluding hydrogens is 361 g/mol. The average Bonchev–Trinajstić information content (AvgIpc) is 3.13. The number of aromatic nitrogens is 1. The van der Waals surface area contributed by atoms with Gasteiger partial charge < -0.3 is 24.3 Å². The minimum absolute atomic E-state index is 0.00734. The van der Waals surface area contributed by atoms with Crippen LogP contribution in [0.4, 0.5) is 0 Å². The minimum Gasteiger partial charge on any atom is -0.477 e. The van der Waals surface area contributed by atoms with Crippen LogP contribution >= 0.6 is 11.3 Å². The van der Waals surface area contributed by atoms with Gasteiger partial charge in [-0.15, -0.1) is 0 Å². The molecule has 0 fully saturated rings. The summed E-state index contributed by atoms with van der Waals surface area (Å²) < 4.78 is 16.0. The van der Waals surface area contributed by atoms with Crippen molar-refractivity contribution in [2.75, 3.05) is 6.61 Å². The van der Waals surface area contributed by atoms with Gasteiger partial charge >= 0.3 is 19.1 Å². The quantitative estimate of drug-likeness (QED) is 0.577. The number of carbonyl (C=O) groups is 2. The predicted octanol–water partition coefficient (Wildman–Crippen LogP) is 1.65. The van der Waals surface area contributed by atoms with E-state index in [0.717, 1.165) is 22.5 Å². The highest BCUT2D eigenvalue weighted by Crippen LogP contribution is 2.34. The van der Waals surface area contributed by atoms with Crippen LogP contribution < -0.4 is 10.2 Å². The molecule has 1 aromatic heterocycles. The van der Waals surface area contributed by atoms with Crippen molar-refractivity contribution in [1.82, 2.24) is 4.98 Å². The third-order valence-electron chi connectivity index (χ3n) is 3.83. The maximum absolute atomic E-state index is 11.7. The molecule has 1 aliphatic rings. The molecule has 1 aliphatic heterocycles. The van der Waals surface area contributed by atoms with Gasteiger partial charge in [0.1, 0.15) is 10.6 Å². The number of ether oxygens (including phenoxy) is 2. The van der Waals surface area contributed by atoms with Gasteiger partial charge in [0.05, 0.1) is 25.3 Å². The van der Waals surface area contributed by atoms with E-state index < -0.39 is 25.2 Å². The summed E-state index contributed by atoms with van der Waals surface area (Å²) in [6.45, 7) is 3.81. The molecule has 3 rings (SSSR count). The van der Waals surface area contributed by atoms with Gasteiger partial charge in [0.15, 0.2) is 0 Å². The van der Waals surface area contributed by atoms with Crippen LogP contribution in [0.3, 0.4) is 0 Å². The number of benzene rings is 1. The number of carbonyl (C=O) groups excluding carboxylic acids is 1. The van der Waals surface area contributed by atoms with Crippen LogP contribution in [0.15, 0.2) is 18.3 Å². The molecule has 0 bridgehead atoms. The van der Waals surface area contributed by atoms with Crippen molar-refractivity contribution in [1.29, 1.82) is 0 Å². The summed E-state index contributed by atoms with van der Waals surface area (Å²) in [5.41, 5.74) is 2.01. The van der Waals surface area contributed by atoms with E-state index in [0.29, 0.717) is 11.2 Å². The van der Waals surface area contributed by atoms with Gasteiger partial charge in [-0.25, -0.2) is 9.78 Å². The number of carboxylic acid groups (broad SMARTS) is 1. The van der Waals surface area contributed by atoms with Crippen molar-refractivity contribution in [2.45, 2.75) is 26.4 Å². The number of esters is 1. The summed E-state index contributed by atoms with van der Waals surface area (Å²) in [7, 11) is -1.18. The molecule has 0 saturated heterocycles. The van der Waals surface area contributed by atoms with E-state index in [-0.39, 0.29) is 23.1 Å². The van der Waals surface area contributed by atoms with E-state index in [1.807, 2.05) is 6.92 Å². The Labute approximate surface area is 153 Å². The van der Waals surface area contributed by atoms with Crippen molar-refractivity contribution in [2.24, 2.45) is 0 Å². The van der Waals surface area contributed by atoms with Gasteiger partial charge in [-0.2, -0.15) is 0 Å². The van der Waals surface area contributed by atoms with Crippen LogP contribution in [0.5, 0.6) is 10.9 Å². The van der Waals surface area contributed by atoms with E-state index in [2.05, 4.69) is 4.98 Å². The van der Waals surface area contributed by atoms with E-state index in [1.54, 1.807) is 19.1 Å². The van der Waals surface area contributed by atoms with Crippen molar-refractivity contribution in [3.05, 3.63) is 34.3 Å². The zero-order valence-corrected chi connectivity index (χ0v) is 14.9. The Morgan fingerprint density at radius 1 is 1.42 bits per heavy atom. The van der Waals surface area contributed by atoms with E-state index in [4.69, 9.17) is 19.2 Å². The number of nitrogens with zero attached hydrogens (tertiary/aromatic N) is 1. The molecule has 10 heteroatoms. The number of thiazole rings is 1. The second-order valence-electron chi connectivity index (χ2n) is 5.63. The Hall–Kier alpha value is -2.43. The predicted molar refractivity (Wildman–Crippen MR) is 93.0 cm³/mol. The number of fused-ring (bicyclic) bond motifs is 1. The fourth-order valence-electron chi connectivity index (χ4n) is 2.82. The SMILES string of the molecule is CCOC(=O)CC1OB(O)c2cc(Oc3ncc(C(=O)O)s3)cc(C)c21. The van der Waals surface area contributed by atoms with Crippen LogP contribution in [0.1, 0.15) is 40.2 Å². The standard InChI is InChI=1S/C16H16BNO7S/c1-3-23-13(19)6-11-14-8(2)4-9(5-10(14)17(22)25-11)24-16-18-7-12(26-16)15(20)21/h4-5,7,11,22H,3,6H2,1-2H3,(H,20,21). The highest BCUT2D eigenvalue weighted by molar-refractivity contribution is 7.15. The van der Waals surface area contributed by atoms with E-state index in [1.165, 1.54) is 6.20 Å². The molecule has 2 N–H and O–H groups in total. The first-order chi connectivity index (χ1) is 12.4. The number of hydrogen-bond acceptors (Lipinski definition) is 8. The van der Waals surface area contributed by atoms with Crippen LogP contribution in [0, 0.1) is 6.92 Å². The number of rotatable bonds is 6. The fraction of sp³-hybridized carbons (Fsp3) is 0.312. The Bertz CT molecular complexity index is 853. The normalized spacial score (nSPS) is 15.7. The van der Waals surface area contributed by atoms with Gasteiger partial charge in [-0.1, -0.05) is 11.3 Å². The maximum Gasteiger partial charge on any atom is 0.492 e. The maximum atomic E-state index is 11.7. The molecule has 1 atom stereocenters. The summed E-state index contributed by atoms with van der Waals surface area (Å²) in [4.78, 5) is 26.6. The molecule has 0 amide bonds. The zero-order valence-electron chi connectivity index (χ0n) is 14.1. The molecule has 1 aromatic carbocycles. The molecule has 1 unspecified atom stereocenters. The lowest BCUT2D eigenvalue weighted by Crippen LogP contribution is -2.28. The second kappa shape index (κ2) is 7.44. The third kappa shape index (κ3) is 3.72. The minimum atomic E-state index is -1.18. The van der Waals surface area contributed by atoms with Crippen LogP contribution in [-0.4, -0.2) is 40.8 Å². The van der Waals surface area contributed by atoms with Crippen molar-refractivity contribution >= 4 is 35.9 Å². The van der Waals surface area contributed by atoms with Gasteiger partial charge in [0, 0.05) is 0 Å². The molecular formula is C16H16BNO7S. The monoisotopic (exact) mass is 377 g/mol. The Morgan fingerprint density at radius 2 is 2.19 bits per heavy atom. The largest absolute Gasteiger partial charge is 0.492 e. The summed E-state index contributed by atoms with van der Waals surface area (Å²) in [5, 5.41) is 19.3. The zero-order chi connectivity index (χ0) is 18.8. The smallest absolute Gasteiger partial charge is 0.477 e. The first-order valence-corrected chi connectivity index (χ1v) is 8.71. The van der Waals surface area contributed by atoms with Crippen LogP contribution in [-0.2, 0) is 14.2 Å².